The van der Waals surface area contributed by atoms with Gasteiger partial charge < -0.3 is 0 Å². The van der Waals surface area contributed by atoms with Crippen molar-refractivity contribution >= 4 is 10.0 Å². The molecule has 0 saturated carbocycles. The van der Waals surface area contributed by atoms with E-state index in [1.165, 1.54) is 6.92 Å². The zero-order valence-corrected chi connectivity index (χ0v) is 8.49. The van der Waals surface area contributed by atoms with Crippen LogP contribution in [0.5, 0.6) is 0 Å². The molecule has 0 amide bonds. The Bertz CT molecular complexity index is 151. The van der Waals surface area contributed by atoms with E-state index in [0.29, 0.717) is 0 Å². The van der Waals surface area contributed by atoms with Gasteiger partial charge in [-0.25, -0.2) is 14.4 Å². The van der Waals surface area contributed by atoms with Crippen molar-refractivity contribution in [1.29, 1.82) is 0 Å². The van der Waals surface area contributed by atoms with Crippen LogP contribution < -0.4 is 0 Å². The summed E-state index contributed by atoms with van der Waals surface area (Å²) in [6, 6.07) is 0. The number of hydrogen-bond donors (Lipinski definition) is 0. The molecule has 0 aliphatic carbocycles. The van der Waals surface area contributed by atoms with E-state index >= 15 is 0 Å². The maximum atomic E-state index is 12.2. The highest BCUT2D eigenvalue weighted by molar-refractivity contribution is 8.34. The summed E-state index contributed by atoms with van der Waals surface area (Å²) in [4.78, 5) is 0. The van der Waals surface area contributed by atoms with E-state index in [1.807, 2.05) is 6.08 Å². The van der Waals surface area contributed by atoms with Gasteiger partial charge in [-0.15, -0.1) is 0 Å². The number of alkyl halides is 1. The third kappa shape index (κ3) is 9.76. The Morgan fingerprint density at radius 2 is 1.73 bits per heavy atom. The SMILES string of the molecule is CC(F)C=CC=CS(C)(C)C. The molecule has 0 spiro atoms. The molecule has 11 heavy (non-hydrogen) atoms. The number of hydrogen-bond acceptors (Lipinski definition) is 0. The Morgan fingerprint density at radius 1 is 1.18 bits per heavy atom. The Hall–Kier alpha value is -0.240. The van der Waals surface area contributed by atoms with E-state index in [2.05, 4.69) is 24.2 Å². The average molecular weight is 176 g/mol. The van der Waals surface area contributed by atoms with Gasteiger partial charge in [0.25, 0.3) is 0 Å². The molecule has 1 atom stereocenters. The summed E-state index contributed by atoms with van der Waals surface area (Å²) < 4.78 is 12.2. The molecule has 2 heteroatoms. The zero-order valence-electron chi connectivity index (χ0n) is 7.67. The minimum absolute atomic E-state index is 0.576. The summed E-state index contributed by atoms with van der Waals surface area (Å²) >= 11 is 0. The van der Waals surface area contributed by atoms with Gasteiger partial charge in [-0.3, -0.25) is 0 Å². The van der Waals surface area contributed by atoms with Gasteiger partial charge in [0.2, 0.25) is 0 Å². The molecule has 0 rings (SSSR count). The molecule has 0 N–H and O–H groups in total. The lowest BCUT2D eigenvalue weighted by Gasteiger charge is -2.18. The second kappa shape index (κ2) is 4.60. The van der Waals surface area contributed by atoms with E-state index in [9.17, 15) is 4.39 Å². The van der Waals surface area contributed by atoms with Crippen LogP contribution in [-0.2, 0) is 0 Å². The van der Waals surface area contributed by atoms with Crippen molar-refractivity contribution in [3.05, 3.63) is 23.6 Å². The van der Waals surface area contributed by atoms with Gasteiger partial charge in [-0.1, -0.05) is 18.2 Å². The van der Waals surface area contributed by atoms with Gasteiger partial charge in [0.1, 0.15) is 6.17 Å². The van der Waals surface area contributed by atoms with Crippen molar-refractivity contribution in [3.8, 4) is 0 Å². The topological polar surface area (TPSA) is 0 Å². The first kappa shape index (κ1) is 10.8. The molecule has 0 aliphatic heterocycles. The predicted octanol–water partition coefficient (Wildman–Crippen LogP) is 3.11. The smallest absolute Gasteiger partial charge is 0.116 e. The maximum Gasteiger partial charge on any atom is 0.116 e. The highest BCUT2D eigenvalue weighted by atomic mass is 32.3. The molecule has 0 fully saturated rings. The Balaban J connectivity index is 3.78. The van der Waals surface area contributed by atoms with Crippen LogP contribution in [0.4, 0.5) is 4.39 Å². The number of rotatable bonds is 3. The van der Waals surface area contributed by atoms with Crippen molar-refractivity contribution in [3.63, 3.8) is 0 Å². The van der Waals surface area contributed by atoms with E-state index in [1.54, 1.807) is 12.2 Å². The largest absolute Gasteiger partial charge is 0.243 e. The highest BCUT2D eigenvalue weighted by Crippen LogP contribution is 2.35. The summed E-state index contributed by atoms with van der Waals surface area (Å²) in [7, 11) is -0.576. The first-order chi connectivity index (χ1) is 4.92. The molecule has 0 nitrogen and oxygen atoms in total. The van der Waals surface area contributed by atoms with Crippen molar-refractivity contribution < 1.29 is 4.39 Å². The monoisotopic (exact) mass is 176 g/mol. The molecule has 1 unspecified atom stereocenters. The van der Waals surface area contributed by atoms with E-state index < -0.39 is 16.2 Å². The molecule has 0 aromatic carbocycles. The van der Waals surface area contributed by atoms with Crippen LogP contribution in [0, 0.1) is 0 Å². The molecule has 0 heterocycles. The van der Waals surface area contributed by atoms with Gasteiger partial charge in [-0.05, 0) is 31.1 Å². The lowest BCUT2D eigenvalue weighted by Crippen LogP contribution is -1.84. The molecule has 0 bridgehead atoms. The summed E-state index contributed by atoms with van der Waals surface area (Å²) in [6.45, 7) is 1.52. The normalized spacial score (nSPS) is 17.9. The predicted molar refractivity (Wildman–Crippen MR) is 54.2 cm³/mol. The first-order valence-electron chi connectivity index (χ1n) is 3.59. The van der Waals surface area contributed by atoms with Crippen molar-refractivity contribution in [2.24, 2.45) is 0 Å². The van der Waals surface area contributed by atoms with Crippen LogP contribution in [0.15, 0.2) is 23.6 Å². The molecule has 0 saturated heterocycles. The quantitative estimate of drug-likeness (QED) is 0.580. The van der Waals surface area contributed by atoms with Crippen molar-refractivity contribution in [2.75, 3.05) is 18.8 Å². The van der Waals surface area contributed by atoms with Crippen LogP contribution >= 0.6 is 10.0 Å². The summed E-state index contributed by atoms with van der Waals surface area (Å²) in [5, 5.41) is 2.13. The maximum absolute atomic E-state index is 12.2. The molecular weight excluding hydrogens is 159 g/mol. The minimum Gasteiger partial charge on any atom is -0.243 e. The summed E-state index contributed by atoms with van der Waals surface area (Å²) in [5.74, 6) is 0. The van der Waals surface area contributed by atoms with Crippen molar-refractivity contribution in [2.45, 2.75) is 13.1 Å². The fraction of sp³-hybridized carbons (Fsp3) is 0.556. The van der Waals surface area contributed by atoms with E-state index in [4.69, 9.17) is 0 Å². The van der Waals surface area contributed by atoms with Crippen LogP contribution in [0.2, 0.25) is 0 Å². The van der Waals surface area contributed by atoms with Gasteiger partial charge in [-0.2, -0.15) is 0 Å². The van der Waals surface area contributed by atoms with Gasteiger partial charge >= 0.3 is 0 Å². The fourth-order valence-corrected chi connectivity index (χ4v) is 1.06. The molecule has 0 radical (unpaired) electrons. The van der Waals surface area contributed by atoms with Crippen molar-refractivity contribution in [1.82, 2.24) is 0 Å². The third-order valence-electron chi connectivity index (χ3n) is 0.974. The van der Waals surface area contributed by atoms with E-state index in [-0.39, 0.29) is 0 Å². The zero-order chi connectivity index (χ0) is 8.91. The number of halogens is 1. The first-order valence-corrected chi connectivity index (χ1v) is 6.51. The Morgan fingerprint density at radius 3 is 2.09 bits per heavy atom. The van der Waals surface area contributed by atoms with Gasteiger partial charge in [0.15, 0.2) is 0 Å². The average Bonchev–Trinajstić information content (AvgIpc) is 1.78. The van der Waals surface area contributed by atoms with Crippen LogP contribution in [-0.4, -0.2) is 24.9 Å². The standard InChI is InChI=1S/C9H17FS/c1-9(10)7-5-6-8-11(2,3)4/h5-9H,1-4H3. The van der Waals surface area contributed by atoms with Gasteiger partial charge in [0, 0.05) is 0 Å². The lowest BCUT2D eigenvalue weighted by molar-refractivity contribution is 0.430. The van der Waals surface area contributed by atoms with Crippen LogP contribution in [0.3, 0.4) is 0 Å². The third-order valence-corrected chi connectivity index (χ3v) is 1.95. The Kier molecular flexibility index (Phi) is 4.50. The molecule has 66 valence electrons. The van der Waals surface area contributed by atoms with Gasteiger partial charge in [0.05, 0.1) is 0 Å². The molecule has 0 aliphatic rings. The van der Waals surface area contributed by atoms with Crippen LogP contribution in [0.1, 0.15) is 6.92 Å². The summed E-state index contributed by atoms with van der Waals surface area (Å²) in [5.41, 5.74) is 0. The van der Waals surface area contributed by atoms with E-state index in [0.717, 1.165) is 0 Å². The van der Waals surface area contributed by atoms with Crippen LogP contribution in [0.25, 0.3) is 0 Å². The highest BCUT2D eigenvalue weighted by Gasteiger charge is 1.94. The molecular formula is C9H17FS. The minimum atomic E-state index is -0.838. The second-order valence-electron chi connectivity index (χ2n) is 3.32. The molecule has 0 aromatic rings. The fourth-order valence-electron chi connectivity index (χ4n) is 0.498. The second-order valence-corrected chi connectivity index (χ2v) is 7.46. The Labute approximate surface area is 70.5 Å². The summed E-state index contributed by atoms with van der Waals surface area (Å²) in [6.07, 6.45) is 11.0. The molecule has 0 aromatic heterocycles. The number of allylic oxidation sites excluding steroid dienone is 3. The lowest BCUT2D eigenvalue weighted by atomic mass is 10.4.